The summed E-state index contributed by atoms with van der Waals surface area (Å²) in [7, 11) is 0. The molecule has 0 N–H and O–H groups in total. The fourth-order valence-corrected chi connectivity index (χ4v) is 4.87. The zero-order chi connectivity index (χ0) is 10.9. The van der Waals surface area contributed by atoms with Crippen LogP contribution in [0.15, 0.2) is 11.6 Å². The predicted octanol–water partition coefficient (Wildman–Crippen LogP) is 4.56. The Labute approximate surface area is 94.1 Å². The van der Waals surface area contributed by atoms with Gasteiger partial charge in [0.15, 0.2) is 0 Å². The summed E-state index contributed by atoms with van der Waals surface area (Å²) in [5.74, 6) is 0.958. The zero-order valence-corrected chi connectivity index (χ0v) is 10.7. The van der Waals surface area contributed by atoms with Crippen LogP contribution in [0.3, 0.4) is 0 Å². The molecule has 3 aliphatic carbocycles. The number of rotatable bonds is 1. The molecule has 0 aromatic heterocycles. The molecule has 3 rings (SSSR count). The number of hydrogen-bond acceptors (Lipinski definition) is 0. The van der Waals surface area contributed by atoms with Crippen molar-refractivity contribution in [2.75, 3.05) is 0 Å². The first-order valence-corrected chi connectivity index (χ1v) is 6.60. The maximum absolute atomic E-state index is 2.59. The minimum Gasteiger partial charge on any atom is -0.0847 e. The summed E-state index contributed by atoms with van der Waals surface area (Å²) in [6.07, 6.45) is 9.76. The standard InChI is InChI=1S/C15H24/c1-11-6-9-15(10-12(11)15)14(4)8-5-7-13(14,2)3/h6,12H,5,7-10H2,1-4H3/t12-,14+,15-/m1/s1. The second-order valence-corrected chi connectivity index (χ2v) is 7.13. The van der Waals surface area contributed by atoms with Crippen molar-refractivity contribution in [3.63, 3.8) is 0 Å². The van der Waals surface area contributed by atoms with Gasteiger partial charge in [0, 0.05) is 0 Å². The maximum atomic E-state index is 2.59. The Morgan fingerprint density at radius 1 is 1.20 bits per heavy atom. The molecule has 0 saturated heterocycles. The van der Waals surface area contributed by atoms with Gasteiger partial charge < -0.3 is 0 Å². The largest absolute Gasteiger partial charge is 0.0847 e. The molecule has 3 aliphatic rings. The summed E-state index contributed by atoms with van der Waals surface area (Å²) in [6.45, 7) is 9.97. The van der Waals surface area contributed by atoms with Gasteiger partial charge >= 0.3 is 0 Å². The Morgan fingerprint density at radius 3 is 2.33 bits per heavy atom. The van der Waals surface area contributed by atoms with Crippen LogP contribution in [-0.4, -0.2) is 0 Å². The molecule has 0 heterocycles. The topological polar surface area (TPSA) is 0 Å². The monoisotopic (exact) mass is 204 g/mol. The predicted molar refractivity (Wildman–Crippen MR) is 64.7 cm³/mol. The van der Waals surface area contributed by atoms with Crippen LogP contribution in [-0.2, 0) is 0 Å². The Balaban J connectivity index is 1.96. The zero-order valence-electron chi connectivity index (χ0n) is 10.7. The summed E-state index contributed by atoms with van der Waals surface area (Å²) in [4.78, 5) is 0. The fourth-order valence-electron chi connectivity index (χ4n) is 4.87. The van der Waals surface area contributed by atoms with Gasteiger partial charge in [-0.1, -0.05) is 38.8 Å². The van der Waals surface area contributed by atoms with Gasteiger partial charge in [-0.15, -0.1) is 0 Å². The number of hydrogen-bond donors (Lipinski definition) is 0. The average molecular weight is 204 g/mol. The van der Waals surface area contributed by atoms with Crippen molar-refractivity contribution in [3.8, 4) is 0 Å². The molecular formula is C15H24. The molecule has 3 atom stereocenters. The van der Waals surface area contributed by atoms with E-state index < -0.39 is 0 Å². The smallest absolute Gasteiger partial charge is 0.0132 e. The van der Waals surface area contributed by atoms with Crippen molar-refractivity contribution < 1.29 is 0 Å². The van der Waals surface area contributed by atoms with Crippen LogP contribution in [0.5, 0.6) is 0 Å². The lowest BCUT2D eigenvalue weighted by Crippen LogP contribution is -2.38. The van der Waals surface area contributed by atoms with E-state index in [9.17, 15) is 0 Å². The Morgan fingerprint density at radius 2 is 1.93 bits per heavy atom. The van der Waals surface area contributed by atoms with Gasteiger partial charge in [-0.2, -0.15) is 0 Å². The minimum absolute atomic E-state index is 0.570. The Kier molecular flexibility index (Phi) is 1.67. The average Bonchev–Trinajstić information content (AvgIpc) is 2.73. The Bertz CT molecular complexity index is 336. The first-order chi connectivity index (χ1) is 6.93. The number of fused-ring (bicyclic) bond motifs is 1. The highest BCUT2D eigenvalue weighted by Crippen LogP contribution is 2.78. The second kappa shape index (κ2) is 2.52. The molecule has 0 aromatic rings. The Hall–Kier alpha value is -0.260. The lowest BCUT2D eigenvalue weighted by atomic mass is 9.59. The van der Waals surface area contributed by atoms with E-state index >= 15 is 0 Å². The highest BCUT2D eigenvalue weighted by atomic mass is 14.7. The molecule has 2 fully saturated rings. The molecular weight excluding hydrogens is 180 g/mol. The van der Waals surface area contributed by atoms with Gasteiger partial charge in [0.25, 0.3) is 0 Å². The third-order valence-corrected chi connectivity index (χ3v) is 6.48. The van der Waals surface area contributed by atoms with E-state index in [0.29, 0.717) is 16.2 Å². The van der Waals surface area contributed by atoms with Gasteiger partial charge in [0.2, 0.25) is 0 Å². The highest BCUT2D eigenvalue weighted by Gasteiger charge is 2.70. The van der Waals surface area contributed by atoms with Crippen LogP contribution < -0.4 is 0 Å². The van der Waals surface area contributed by atoms with Gasteiger partial charge in [-0.05, 0) is 54.8 Å². The van der Waals surface area contributed by atoms with Crippen molar-refractivity contribution in [3.05, 3.63) is 11.6 Å². The summed E-state index contributed by atoms with van der Waals surface area (Å²) < 4.78 is 0. The van der Waals surface area contributed by atoms with Gasteiger partial charge in [-0.3, -0.25) is 0 Å². The summed E-state index contributed by atoms with van der Waals surface area (Å²) >= 11 is 0. The van der Waals surface area contributed by atoms with E-state index in [2.05, 4.69) is 33.8 Å². The summed E-state index contributed by atoms with van der Waals surface area (Å²) in [6, 6.07) is 0. The number of allylic oxidation sites excluding steroid dienone is 2. The molecule has 84 valence electrons. The van der Waals surface area contributed by atoms with Crippen LogP contribution >= 0.6 is 0 Å². The summed E-state index contributed by atoms with van der Waals surface area (Å²) in [5, 5.41) is 0. The van der Waals surface area contributed by atoms with Crippen LogP contribution in [0.4, 0.5) is 0 Å². The third kappa shape index (κ3) is 0.946. The van der Waals surface area contributed by atoms with E-state index in [1.54, 1.807) is 5.57 Å². The maximum Gasteiger partial charge on any atom is -0.0132 e. The minimum atomic E-state index is 0.570. The molecule has 0 spiro atoms. The molecule has 2 saturated carbocycles. The third-order valence-electron chi connectivity index (χ3n) is 6.48. The van der Waals surface area contributed by atoms with Gasteiger partial charge in [0.05, 0.1) is 0 Å². The van der Waals surface area contributed by atoms with Crippen LogP contribution in [0.1, 0.15) is 59.8 Å². The fraction of sp³-hybridized carbons (Fsp3) is 0.867. The lowest BCUT2D eigenvalue weighted by Gasteiger charge is -2.45. The van der Waals surface area contributed by atoms with Crippen LogP contribution in [0.2, 0.25) is 0 Å². The van der Waals surface area contributed by atoms with Crippen molar-refractivity contribution >= 4 is 0 Å². The molecule has 0 unspecified atom stereocenters. The van der Waals surface area contributed by atoms with E-state index in [1.807, 2.05) is 0 Å². The SMILES string of the molecule is CC1=CC[C@@]2([C@@]3(C)CCCC3(C)C)C[C@H]12. The van der Waals surface area contributed by atoms with Crippen molar-refractivity contribution in [2.45, 2.75) is 59.8 Å². The second-order valence-electron chi connectivity index (χ2n) is 7.13. The molecule has 0 aliphatic heterocycles. The molecule has 0 bridgehead atoms. The highest BCUT2D eigenvalue weighted by molar-refractivity contribution is 5.33. The van der Waals surface area contributed by atoms with E-state index in [4.69, 9.17) is 0 Å². The van der Waals surface area contributed by atoms with E-state index in [-0.39, 0.29) is 0 Å². The molecule has 0 heteroatoms. The van der Waals surface area contributed by atoms with Gasteiger partial charge in [0.1, 0.15) is 0 Å². The lowest BCUT2D eigenvalue weighted by molar-refractivity contribution is 0.0341. The van der Waals surface area contributed by atoms with Crippen LogP contribution in [0.25, 0.3) is 0 Å². The van der Waals surface area contributed by atoms with Crippen molar-refractivity contribution in [2.24, 2.45) is 22.2 Å². The van der Waals surface area contributed by atoms with Crippen molar-refractivity contribution in [1.82, 2.24) is 0 Å². The molecule has 0 radical (unpaired) electrons. The van der Waals surface area contributed by atoms with Gasteiger partial charge in [-0.25, -0.2) is 0 Å². The van der Waals surface area contributed by atoms with Crippen molar-refractivity contribution in [1.29, 1.82) is 0 Å². The van der Waals surface area contributed by atoms with E-state index in [0.717, 1.165) is 5.92 Å². The molecule has 0 nitrogen and oxygen atoms in total. The van der Waals surface area contributed by atoms with E-state index in [1.165, 1.54) is 32.1 Å². The molecule has 15 heavy (non-hydrogen) atoms. The van der Waals surface area contributed by atoms with Crippen LogP contribution in [0, 0.1) is 22.2 Å². The normalized spacial score (nSPS) is 51.5. The first kappa shape index (κ1) is 9.93. The molecule has 0 aromatic carbocycles. The summed E-state index contributed by atoms with van der Waals surface area (Å²) in [5.41, 5.74) is 3.56. The molecule has 0 amide bonds. The quantitative estimate of drug-likeness (QED) is 0.549. The first-order valence-electron chi connectivity index (χ1n) is 6.60.